The Balaban J connectivity index is 3.07. The van der Waals surface area contributed by atoms with Crippen LogP contribution in [-0.4, -0.2) is 5.43 Å². The fourth-order valence-electron chi connectivity index (χ4n) is 1.22. The lowest BCUT2D eigenvalue weighted by atomic mass is 10.1. The van der Waals surface area contributed by atoms with Gasteiger partial charge < -0.3 is 4.74 Å². The Morgan fingerprint density at radius 1 is 1.54 bits per heavy atom. The van der Waals surface area contributed by atoms with Gasteiger partial charge in [-0.1, -0.05) is 25.1 Å². The Morgan fingerprint density at radius 2 is 2.23 bits per heavy atom. The van der Waals surface area contributed by atoms with Crippen molar-refractivity contribution in [3.05, 3.63) is 29.3 Å². The standard InChI is InChI=1S/C10H11ClO2/c1-3-8-6-4-5-7(2)9(8)13-10(11)12/h4-6H,3H2,1-2H3. The topological polar surface area (TPSA) is 26.3 Å². The third kappa shape index (κ3) is 2.46. The molecule has 0 aliphatic heterocycles. The van der Waals surface area contributed by atoms with Crippen molar-refractivity contribution in [2.24, 2.45) is 0 Å². The van der Waals surface area contributed by atoms with Gasteiger partial charge in [-0.05, 0) is 24.5 Å². The lowest BCUT2D eigenvalue weighted by Gasteiger charge is -2.08. The highest BCUT2D eigenvalue weighted by molar-refractivity contribution is 6.61. The smallest absolute Gasteiger partial charge is 0.409 e. The van der Waals surface area contributed by atoms with Crippen molar-refractivity contribution in [2.45, 2.75) is 20.3 Å². The molecule has 2 nitrogen and oxygen atoms in total. The number of carbonyl (C=O) groups excluding carboxylic acids is 1. The van der Waals surface area contributed by atoms with Gasteiger partial charge >= 0.3 is 5.43 Å². The lowest BCUT2D eigenvalue weighted by molar-refractivity contribution is 0.225. The van der Waals surface area contributed by atoms with Crippen LogP contribution in [0, 0.1) is 6.92 Å². The summed E-state index contributed by atoms with van der Waals surface area (Å²) in [5.74, 6) is 0.588. The molecular formula is C10H11ClO2. The number of carbonyl (C=O) groups is 1. The number of hydrogen-bond acceptors (Lipinski definition) is 2. The number of benzene rings is 1. The maximum atomic E-state index is 10.6. The minimum absolute atomic E-state index is 0.588. The van der Waals surface area contributed by atoms with Crippen molar-refractivity contribution in [3.8, 4) is 5.75 Å². The largest absolute Gasteiger partial charge is 0.414 e. The summed E-state index contributed by atoms with van der Waals surface area (Å²) in [7, 11) is 0. The summed E-state index contributed by atoms with van der Waals surface area (Å²) in [5, 5.41) is 0. The van der Waals surface area contributed by atoms with E-state index >= 15 is 0 Å². The zero-order valence-corrected chi connectivity index (χ0v) is 8.39. The molecule has 0 aliphatic rings. The third-order valence-electron chi connectivity index (χ3n) is 1.86. The Bertz CT molecular complexity index is 321. The van der Waals surface area contributed by atoms with Crippen LogP contribution in [0.1, 0.15) is 18.1 Å². The van der Waals surface area contributed by atoms with Gasteiger partial charge in [0.15, 0.2) is 0 Å². The number of rotatable bonds is 2. The zero-order valence-electron chi connectivity index (χ0n) is 7.63. The molecule has 0 unspecified atom stereocenters. The monoisotopic (exact) mass is 198 g/mol. The van der Waals surface area contributed by atoms with Gasteiger partial charge in [0.05, 0.1) is 0 Å². The van der Waals surface area contributed by atoms with E-state index in [0.29, 0.717) is 5.75 Å². The Hall–Kier alpha value is -1.02. The fourth-order valence-corrected chi connectivity index (χ4v) is 1.30. The Kier molecular flexibility index (Phi) is 3.32. The Morgan fingerprint density at radius 3 is 2.77 bits per heavy atom. The van der Waals surface area contributed by atoms with Crippen molar-refractivity contribution >= 4 is 17.0 Å². The van der Waals surface area contributed by atoms with Crippen LogP contribution in [0.3, 0.4) is 0 Å². The van der Waals surface area contributed by atoms with Crippen molar-refractivity contribution < 1.29 is 9.53 Å². The maximum Gasteiger partial charge on any atom is 0.409 e. The van der Waals surface area contributed by atoms with E-state index in [1.54, 1.807) is 0 Å². The molecule has 0 N–H and O–H groups in total. The molecule has 1 aromatic carbocycles. The van der Waals surface area contributed by atoms with E-state index in [4.69, 9.17) is 16.3 Å². The van der Waals surface area contributed by atoms with E-state index in [0.717, 1.165) is 17.5 Å². The van der Waals surface area contributed by atoms with Crippen molar-refractivity contribution in [1.82, 2.24) is 0 Å². The maximum absolute atomic E-state index is 10.6. The van der Waals surface area contributed by atoms with Crippen molar-refractivity contribution in [2.75, 3.05) is 0 Å². The second kappa shape index (κ2) is 4.28. The summed E-state index contributed by atoms with van der Waals surface area (Å²) in [5.41, 5.74) is 1.13. The molecule has 0 spiro atoms. The highest BCUT2D eigenvalue weighted by Gasteiger charge is 2.08. The molecule has 1 aromatic rings. The van der Waals surface area contributed by atoms with E-state index in [2.05, 4.69) is 0 Å². The summed E-state index contributed by atoms with van der Waals surface area (Å²) in [6, 6.07) is 5.73. The average molecular weight is 199 g/mol. The molecule has 13 heavy (non-hydrogen) atoms. The first-order chi connectivity index (χ1) is 6.15. The minimum Gasteiger partial charge on any atom is -0.414 e. The van der Waals surface area contributed by atoms with E-state index in [9.17, 15) is 4.79 Å². The minimum atomic E-state index is -0.788. The molecular weight excluding hydrogens is 188 g/mol. The lowest BCUT2D eigenvalue weighted by Crippen LogP contribution is -2.01. The number of aryl methyl sites for hydroxylation is 2. The quantitative estimate of drug-likeness (QED) is 0.682. The predicted molar refractivity (Wildman–Crippen MR) is 52.4 cm³/mol. The van der Waals surface area contributed by atoms with Gasteiger partial charge in [-0.3, -0.25) is 0 Å². The normalized spacial score (nSPS) is 9.77. The van der Waals surface area contributed by atoms with E-state index in [-0.39, 0.29) is 0 Å². The molecule has 0 atom stereocenters. The number of para-hydroxylation sites is 1. The molecule has 3 heteroatoms. The van der Waals surface area contributed by atoms with Crippen LogP contribution in [0.2, 0.25) is 0 Å². The molecule has 0 amide bonds. The molecule has 0 aliphatic carbocycles. The fraction of sp³-hybridized carbons (Fsp3) is 0.300. The van der Waals surface area contributed by atoms with Crippen LogP contribution in [0.4, 0.5) is 4.79 Å². The predicted octanol–water partition coefficient (Wildman–Crippen LogP) is 3.30. The van der Waals surface area contributed by atoms with Crippen molar-refractivity contribution in [1.29, 1.82) is 0 Å². The number of halogens is 1. The van der Waals surface area contributed by atoms with Crippen LogP contribution < -0.4 is 4.74 Å². The summed E-state index contributed by atoms with van der Waals surface area (Å²) in [6.07, 6.45) is 0.821. The van der Waals surface area contributed by atoms with Gasteiger partial charge in [0, 0.05) is 11.6 Å². The van der Waals surface area contributed by atoms with Crippen molar-refractivity contribution in [3.63, 3.8) is 0 Å². The summed E-state index contributed by atoms with van der Waals surface area (Å²) in [4.78, 5) is 10.6. The highest BCUT2D eigenvalue weighted by Crippen LogP contribution is 2.24. The molecule has 0 bridgehead atoms. The van der Waals surface area contributed by atoms with E-state index in [1.807, 2.05) is 32.0 Å². The molecule has 0 radical (unpaired) electrons. The van der Waals surface area contributed by atoms with Gasteiger partial charge in [0.25, 0.3) is 0 Å². The first-order valence-electron chi connectivity index (χ1n) is 4.11. The van der Waals surface area contributed by atoms with Crippen LogP contribution in [-0.2, 0) is 6.42 Å². The van der Waals surface area contributed by atoms with Crippen LogP contribution >= 0.6 is 11.6 Å². The second-order valence-corrected chi connectivity index (χ2v) is 3.07. The Labute approximate surface area is 82.5 Å². The van der Waals surface area contributed by atoms with Gasteiger partial charge in [-0.25, -0.2) is 4.79 Å². The molecule has 0 heterocycles. The van der Waals surface area contributed by atoms with Gasteiger partial charge in [-0.2, -0.15) is 0 Å². The van der Waals surface area contributed by atoms with Crippen LogP contribution in [0.15, 0.2) is 18.2 Å². The molecule has 70 valence electrons. The van der Waals surface area contributed by atoms with E-state index < -0.39 is 5.43 Å². The average Bonchev–Trinajstić information content (AvgIpc) is 2.08. The van der Waals surface area contributed by atoms with E-state index in [1.165, 1.54) is 0 Å². The molecule has 0 fully saturated rings. The number of ether oxygens (including phenoxy) is 1. The SMILES string of the molecule is CCc1cccc(C)c1OC(=O)Cl. The van der Waals surface area contributed by atoms with Gasteiger partial charge in [0.2, 0.25) is 0 Å². The summed E-state index contributed by atoms with van der Waals surface area (Å²) in [6.45, 7) is 3.88. The summed E-state index contributed by atoms with van der Waals surface area (Å²) >= 11 is 5.15. The zero-order chi connectivity index (χ0) is 9.84. The second-order valence-electron chi connectivity index (χ2n) is 2.76. The number of hydrogen-bond donors (Lipinski definition) is 0. The van der Waals surface area contributed by atoms with Gasteiger partial charge in [0.1, 0.15) is 5.75 Å². The van der Waals surface area contributed by atoms with Crippen LogP contribution in [0.5, 0.6) is 5.75 Å². The first-order valence-corrected chi connectivity index (χ1v) is 4.48. The molecule has 0 aromatic heterocycles. The molecule has 1 rings (SSSR count). The molecule has 0 saturated heterocycles. The van der Waals surface area contributed by atoms with Gasteiger partial charge in [-0.15, -0.1) is 0 Å². The molecule has 0 saturated carbocycles. The highest BCUT2D eigenvalue weighted by atomic mass is 35.5. The third-order valence-corrected chi connectivity index (χ3v) is 1.93. The summed E-state index contributed by atoms with van der Waals surface area (Å²) < 4.78 is 4.89. The first kappa shape index (κ1) is 10.1. The van der Waals surface area contributed by atoms with Crippen LogP contribution in [0.25, 0.3) is 0 Å².